The number of nitriles is 1. The number of hydrogen-bond acceptors (Lipinski definition) is 4. The first kappa shape index (κ1) is 17.0. The van der Waals surface area contributed by atoms with Gasteiger partial charge in [0.1, 0.15) is 6.04 Å². The molecule has 2 saturated heterocycles. The topological polar surface area (TPSA) is 85.2 Å². The Morgan fingerprint density at radius 1 is 1.23 bits per heavy atom. The van der Waals surface area contributed by atoms with Crippen molar-refractivity contribution in [1.82, 2.24) is 15.5 Å². The van der Waals surface area contributed by atoms with Crippen molar-refractivity contribution in [3.05, 3.63) is 35.9 Å². The van der Waals surface area contributed by atoms with Crippen LogP contribution in [0.2, 0.25) is 0 Å². The van der Waals surface area contributed by atoms with E-state index in [-0.39, 0.29) is 35.9 Å². The van der Waals surface area contributed by atoms with Crippen LogP contribution < -0.4 is 10.6 Å². The van der Waals surface area contributed by atoms with Gasteiger partial charge in [-0.25, -0.2) is 0 Å². The number of benzene rings is 1. The van der Waals surface area contributed by atoms with E-state index >= 15 is 0 Å². The Morgan fingerprint density at radius 3 is 2.81 bits per heavy atom. The minimum absolute atomic E-state index is 0.0297. The van der Waals surface area contributed by atoms with Gasteiger partial charge < -0.3 is 15.5 Å². The van der Waals surface area contributed by atoms with Gasteiger partial charge in [-0.05, 0) is 31.2 Å². The maximum atomic E-state index is 12.6. The molecule has 2 heterocycles. The molecule has 0 unspecified atom stereocenters. The lowest BCUT2D eigenvalue weighted by Gasteiger charge is -2.23. The summed E-state index contributed by atoms with van der Waals surface area (Å²) in [5.74, 6) is 0.240. The number of carbonyl (C=O) groups is 2. The SMILES string of the molecule is N#C[C@@H]1CCCN1C(=O)[C@@H]1C[C@H](C(=O)N[C@@H]2C[C@H]2c2ccccc2)CN1. The molecule has 6 nitrogen and oxygen atoms in total. The van der Waals surface area contributed by atoms with Gasteiger partial charge in [-0.15, -0.1) is 0 Å². The van der Waals surface area contributed by atoms with Crippen LogP contribution in [-0.4, -0.2) is 47.9 Å². The zero-order valence-electron chi connectivity index (χ0n) is 14.7. The van der Waals surface area contributed by atoms with Gasteiger partial charge in [-0.2, -0.15) is 5.26 Å². The molecule has 5 atom stereocenters. The molecule has 6 heteroatoms. The van der Waals surface area contributed by atoms with E-state index in [2.05, 4.69) is 28.8 Å². The molecule has 2 N–H and O–H groups in total. The lowest BCUT2D eigenvalue weighted by atomic mass is 10.0. The molecule has 4 rings (SSSR count). The monoisotopic (exact) mass is 352 g/mol. The number of rotatable bonds is 4. The highest BCUT2D eigenvalue weighted by atomic mass is 16.2. The predicted octanol–water partition coefficient (Wildman–Crippen LogP) is 1.15. The summed E-state index contributed by atoms with van der Waals surface area (Å²) in [6.07, 6.45) is 3.13. The van der Waals surface area contributed by atoms with Crippen LogP contribution in [0.3, 0.4) is 0 Å². The molecule has 1 aromatic rings. The first-order valence-electron chi connectivity index (χ1n) is 9.46. The second kappa shape index (κ2) is 7.08. The molecule has 0 aromatic heterocycles. The van der Waals surface area contributed by atoms with Crippen molar-refractivity contribution in [2.75, 3.05) is 13.1 Å². The Kier molecular flexibility index (Phi) is 4.64. The van der Waals surface area contributed by atoms with E-state index in [1.165, 1.54) is 5.56 Å². The highest BCUT2D eigenvalue weighted by molar-refractivity contribution is 5.86. The zero-order chi connectivity index (χ0) is 18.1. The third-order valence-corrected chi connectivity index (χ3v) is 5.83. The minimum atomic E-state index is -0.344. The van der Waals surface area contributed by atoms with Crippen molar-refractivity contribution in [2.24, 2.45) is 5.92 Å². The molecule has 136 valence electrons. The van der Waals surface area contributed by atoms with Crippen LogP contribution in [0.25, 0.3) is 0 Å². The van der Waals surface area contributed by atoms with E-state index in [1.54, 1.807) is 4.90 Å². The Hall–Kier alpha value is -2.39. The van der Waals surface area contributed by atoms with E-state index in [4.69, 9.17) is 5.26 Å². The number of nitrogens with one attached hydrogen (secondary N) is 2. The van der Waals surface area contributed by atoms with E-state index < -0.39 is 0 Å². The molecule has 0 spiro atoms. The molecule has 2 amide bonds. The Balaban J connectivity index is 1.28. The molecule has 2 aliphatic heterocycles. The van der Waals surface area contributed by atoms with E-state index in [0.29, 0.717) is 25.4 Å². The van der Waals surface area contributed by atoms with Crippen molar-refractivity contribution in [1.29, 1.82) is 5.26 Å². The first-order valence-corrected chi connectivity index (χ1v) is 9.46. The molecule has 3 fully saturated rings. The maximum Gasteiger partial charge on any atom is 0.240 e. The number of nitrogens with zero attached hydrogens (tertiary/aromatic N) is 2. The second-order valence-corrected chi connectivity index (χ2v) is 7.58. The van der Waals surface area contributed by atoms with Gasteiger partial charge in [-0.1, -0.05) is 30.3 Å². The molecule has 1 aliphatic carbocycles. The lowest BCUT2D eigenvalue weighted by molar-refractivity contribution is -0.133. The largest absolute Gasteiger partial charge is 0.352 e. The molecule has 26 heavy (non-hydrogen) atoms. The smallest absolute Gasteiger partial charge is 0.240 e. The average Bonchev–Trinajstić information content (AvgIpc) is 3.09. The minimum Gasteiger partial charge on any atom is -0.352 e. The highest BCUT2D eigenvalue weighted by Gasteiger charge is 2.43. The van der Waals surface area contributed by atoms with Gasteiger partial charge in [0.15, 0.2) is 0 Å². The summed E-state index contributed by atoms with van der Waals surface area (Å²) in [6.45, 7) is 1.17. The van der Waals surface area contributed by atoms with Gasteiger partial charge in [0, 0.05) is 25.0 Å². The summed E-state index contributed by atoms with van der Waals surface area (Å²) in [4.78, 5) is 26.9. The quantitative estimate of drug-likeness (QED) is 0.851. The van der Waals surface area contributed by atoms with Crippen molar-refractivity contribution in [2.45, 2.75) is 49.7 Å². The van der Waals surface area contributed by atoms with Crippen molar-refractivity contribution in [3.63, 3.8) is 0 Å². The Labute approximate surface area is 153 Å². The Morgan fingerprint density at radius 2 is 2.04 bits per heavy atom. The van der Waals surface area contributed by atoms with Crippen LogP contribution in [0, 0.1) is 17.2 Å². The van der Waals surface area contributed by atoms with Gasteiger partial charge in [-0.3, -0.25) is 9.59 Å². The standard InChI is InChI=1S/C20H24N4O2/c21-11-15-7-4-8-24(15)20(26)18-9-14(12-22-18)19(25)23-17-10-16(17)13-5-2-1-3-6-13/h1-3,5-6,14-18,22H,4,7-10,12H2,(H,23,25)/t14-,15-,16-,17+,18-/m0/s1. The molecule has 3 aliphatic rings. The number of carbonyl (C=O) groups excluding carboxylic acids is 2. The third-order valence-electron chi connectivity index (χ3n) is 5.83. The summed E-state index contributed by atoms with van der Waals surface area (Å²) >= 11 is 0. The number of hydrogen-bond donors (Lipinski definition) is 2. The summed E-state index contributed by atoms with van der Waals surface area (Å²) < 4.78 is 0. The van der Waals surface area contributed by atoms with E-state index in [0.717, 1.165) is 19.3 Å². The van der Waals surface area contributed by atoms with E-state index in [9.17, 15) is 9.59 Å². The molecule has 1 aromatic carbocycles. The van der Waals surface area contributed by atoms with Crippen LogP contribution in [0.15, 0.2) is 30.3 Å². The number of likely N-dealkylation sites (tertiary alicyclic amines) is 1. The molecule has 0 bridgehead atoms. The maximum absolute atomic E-state index is 12.6. The number of amides is 2. The average molecular weight is 352 g/mol. The fraction of sp³-hybridized carbons (Fsp3) is 0.550. The first-order chi connectivity index (χ1) is 12.7. The van der Waals surface area contributed by atoms with Crippen molar-refractivity contribution >= 4 is 11.8 Å². The van der Waals surface area contributed by atoms with Gasteiger partial charge >= 0.3 is 0 Å². The highest BCUT2D eigenvalue weighted by Crippen LogP contribution is 2.40. The normalized spacial score (nSPS) is 32.9. The van der Waals surface area contributed by atoms with Crippen LogP contribution in [0.1, 0.15) is 37.2 Å². The van der Waals surface area contributed by atoms with Gasteiger partial charge in [0.2, 0.25) is 11.8 Å². The van der Waals surface area contributed by atoms with Crippen molar-refractivity contribution < 1.29 is 9.59 Å². The summed E-state index contributed by atoms with van der Waals surface area (Å²) in [6, 6.07) is 12.0. The summed E-state index contributed by atoms with van der Waals surface area (Å²) in [7, 11) is 0. The molecular formula is C20H24N4O2. The molecular weight excluding hydrogens is 328 g/mol. The van der Waals surface area contributed by atoms with Gasteiger partial charge in [0.05, 0.1) is 18.0 Å². The van der Waals surface area contributed by atoms with Crippen LogP contribution in [0.5, 0.6) is 0 Å². The van der Waals surface area contributed by atoms with Crippen LogP contribution in [-0.2, 0) is 9.59 Å². The summed E-state index contributed by atoms with van der Waals surface area (Å²) in [5, 5.41) is 15.5. The predicted molar refractivity (Wildman–Crippen MR) is 96.0 cm³/mol. The second-order valence-electron chi connectivity index (χ2n) is 7.58. The molecule has 0 radical (unpaired) electrons. The fourth-order valence-electron chi connectivity index (χ4n) is 4.21. The van der Waals surface area contributed by atoms with Crippen LogP contribution in [0.4, 0.5) is 0 Å². The van der Waals surface area contributed by atoms with Crippen molar-refractivity contribution in [3.8, 4) is 6.07 Å². The van der Waals surface area contributed by atoms with E-state index in [1.807, 2.05) is 18.2 Å². The zero-order valence-corrected chi connectivity index (χ0v) is 14.7. The third kappa shape index (κ3) is 3.32. The summed E-state index contributed by atoms with van der Waals surface area (Å²) in [5.41, 5.74) is 1.27. The fourth-order valence-corrected chi connectivity index (χ4v) is 4.21. The Bertz CT molecular complexity index is 729. The van der Waals surface area contributed by atoms with Crippen LogP contribution >= 0.6 is 0 Å². The lowest BCUT2D eigenvalue weighted by Crippen LogP contribution is -2.45. The molecule has 1 saturated carbocycles. The van der Waals surface area contributed by atoms with Gasteiger partial charge in [0.25, 0.3) is 0 Å².